The zero-order valence-corrected chi connectivity index (χ0v) is 19.0. The molecule has 0 unspecified atom stereocenters. The predicted molar refractivity (Wildman–Crippen MR) is 115 cm³/mol. The van der Waals surface area contributed by atoms with Crippen molar-refractivity contribution >= 4 is 11.9 Å². The molecule has 1 aliphatic heterocycles. The largest absolute Gasteiger partial charge is 0.503 e. The van der Waals surface area contributed by atoms with Crippen molar-refractivity contribution in [1.29, 1.82) is 0 Å². The highest BCUT2D eigenvalue weighted by Gasteiger charge is 2.38. The number of pyridine rings is 1. The molecule has 2 aliphatic carbocycles. The number of methoxy groups -OCH3 is 1. The van der Waals surface area contributed by atoms with Gasteiger partial charge in [-0.05, 0) is 44.4 Å². The first-order valence-electron chi connectivity index (χ1n) is 11.5. The van der Waals surface area contributed by atoms with Gasteiger partial charge in [-0.1, -0.05) is 0 Å². The van der Waals surface area contributed by atoms with E-state index in [-0.39, 0.29) is 30.8 Å². The normalized spacial score (nSPS) is 28.2. The van der Waals surface area contributed by atoms with Gasteiger partial charge in [0.05, 0.1) is 33.5 Å². The predicted octanol–water partition coefficient (Wildman–Crippen LogP) is 1.45. The van der Waals surface area contributed by atoms with Gasteiger partial charge in [-0.3, -0.25) is 4.79 Å². The lowest BCUT2D eigenvalue weighted by Gasteiger charge is -2.30. The summed E-state index contributed by atoms with van der Waals surface area (Å²) in [6, 6.07) is 0.341. The van der Waals surface area contributed by atoms with Crippen molar-refractivity contribution in [2.75, 3.05) is 33.5 Å². The lowest BCUT2D eigenvalue weighted by molar-refractivity contribution is -0.168. The van der Waals surface area contributed by atoms with Crippen molar-refractivity contribution in [3.63, 3.8) is 0 Å². The van der Waals surface area contributed by atoms with E-state index in [2.05, 4.69) is 10.3 Å². The molecule has 2 heterocycles. The molecule has 0 bridgehead atoms. The summed E-state index contributed by atoms with van der Waals surface area (Å²) in [6.45, 7) is 3.08. The molecule has 1 saturated heterocycles. The van der Waals surface area contributed by atoms with Gasteiger partial charge in [0.2, 0.25) is 0 Å². The average Bonchev–Trinajstić information content (AvgIpc) is 3.71. The van der Waals surface area contributed by atoms with Crippen LogP contribution in [0.1, 0.15) is 43.1 Å². The number of hydrogen-bond acceptors (Lipinski definition) is 9. The summed E-state index contributed by atoms with van der Waals surface area (Å²) in [5, 5.41) is 12.7. The second-order valence-electron chi connectivity index (χ2n) is 8.97. The van der Waals surface area contributed by atoms with Gasteiger partial charge in [0.15, 0.2) is 23.2 Å². The summed E-state index contributed by atoms with van der Waals surface area (Å²) in [6.07, 6.45) is 4.49. The van der Waals surface area contributed by atoms with E-state index in [1.54, 1.807) is 6.92 Å². The fourth-order valence-electron chi connectivity index (χ4n) is 3.66. The monoisotopic (exact) mass is 464 g/mol. The zero-order chi connectivity index (χ0) is 23.4. The molecule has 1 aromatic rings. The van der Waals surface area contributed by atoms with Gasteiger partial charge in [-0.2, -0.15) is 0 Å². The van der Waals surface area contributed by atoms with Gasteiger partial charge < -0.3 is 34.1 Å². The molecule has 1 amide bonds. The smallest absolute Gasteiger partial charge is 0.331 e. The van der Waals surface area contributed by atoms with E-state index < -0.39 is 35.9 Å². The lowest BCUT2D eigenvalue weighted by Crippen LogP contribution is -2.47. The van der Waals surface area contributed by atoms with E-state index in [1.807, 2.05) is 0 Å². The Morgan fingerprint density at radius 2 is 1.88 bits per heavy atom. The molecule has 0 aromatic carbocycles. The minimum Gasteiger partial charge on any atom is -0.503 e. The number of ether oxygens (including phenoxy) is 5. The molecular formula is C23H32N2O8. The Morgan fingerprint density at radius 1 is 1.18 bits per heavy atom. The van der Waals surface area contributed by atoms with Crippen LogP contribution >= 0.6 is 0 Å². The van der Waals surface area contributed by atoms with Gasteiger partial charge in [0.1, 0.15) is 18.3 Å². The van der Waals surface area contributed by atoms with Crippen LogP contribution in [0.4, 0.5) is 0 Å². The summed E-state index contributed by atoms with van der Waals surface area (Å²) in [4.78, 5) is 29.5. The van der Waals surface area contributed by atoms with E-state index in [1.165, 1.54) is 19.4 Å². The van der Waals surface area contributed by atoms with E-state index in [4.69, 9.17) is 23.7 Å². The summed E-state index contributed by atoms with van der Waals surface area (Å²) < 4.78 is 28.7. The molecule has 2 N–H and O–H groups in total. The maximum absolute atomic E-state index is 12.9. The molecule has 33 heavy (non-hydrogen) atoms. The van der Waals surface area contributed by atoms with Gasteiger partial charge in [0, 0.05) is 12.3 Å². The maximum Gasteiger partial charge on any atom is 0.331 e. The zero-order valence-electron chi connectivity index (χ0n) is 19.0. The third-order valence-electron chi connectivity index (χ3n) is 6.07. The molecule has 2 saturated carbocycles. The van der Waals surface area contributed by atoms with Crippen molar-refractivity contribution < 1.29 is 38.4 Å². The Morgan fingerprint density at radius 3 is 2.55 bits per heavy atom. The molecule has 3 aliphatic rings. The van der Waals surface area contributed by atoms with Crippen molar-refractivity contribution in [2.24, 2.45) is 11.8 Å². The first kappa shape index (κ1) is 23.7. The van der Waals surface area contributed by atoms with Crippen LogP contribution in [-0.2, 0) is 23.7 Å². The van der Waals surface area contributed by atoms with Crippen molar-refractivity contribution in [1.82, 2.24) is 10.3 Å². The molecule has 182 valence electrons. The second-order valence-corrected chi connectivity index (χ2v) is 8.97. The van der Waals surface area contributed by atoms with Gasteiger partial charge >= 0.3 is 5.97 Å². The van der Waals surface area contributed by atoms with Crippen molar-refractivity contribution in [3.05, 3.63) is 18.0 Å². The van der Waals surface area contributed by atoms with Crippen LogP contribution in [0.3, 0.4) is 0 Å². The topological polar surface area (TPSA) is 125 Å². The number of rotatable bonds is 9. The number of carbonyl (C=O) groups is 2. The first-order valence-corrected chi connectivity index (χ1v) is 11.5. The van der Waals surface area contributed by atoms with Crippen LogP contribution in [0.25, 0.3) is 0 Å². The third kappa shape index (κ3) is 6.33. The quantitative estimate of drug-likeness (QED) is 0.522. The maximum atomic E-state index is 12.9. The molecule has 0 radical (unpaired) electrons. The lowest BCUT2D eigenvalue weighted by atomic mass is 10.1. The Balaban J connectivity index is 1.43. The molecule has 4 rings (SSSR count). The third-order valence-corrected chi connectivity index (χ3v) is 6.07. The summed E-state index contributed by atoms with van der Waals surface area (Å²) in [7, 11) is 1.37. The van der Waals surface area contributed by atoms with E-state index in [0.717, 1.165) is 25.7 Å². The minimum absolute atomic E-state index is 0.100. The standard InChI is InChI=1S/C23H32N2O8/c1-13-21(32-10-15-5-6-15)18(31-9-14-3-4-14)12-30-11-16(23(28)33-13)25-22(27)19-20(26)17(29-2)7-8-24-19/h7-8,13-16,18,21,26H,3-6,9-12H2,1-2H3,(H,25,27)/t13-,16-,18-,21-/m0/s1. The minimum atomic E-state index is -1.08. The van der Waals surface area contributed by atoms with Gasteiger partial charge in [-0.15, -0.1) is 0 Å². The molecule has 0 spiro atoms. The van der Waals surface area contributed by atoms with E-state index in [9.17, 15) is 14.7 Å². The molecule has 3 fully saturated rings. The number of amides is 1. The number of cyclic esters (lactones) is 1. The van der Waals surface area contributed by atoms with Crippen LogP contribution in [0.5, 0.6) is 11.5 Å². The van der Waals surface area contributed by atoms with Crippen molar-refractivity contribution in [3.8, 4) is 11.5 Å². The number of carbonyl (C=O) groups excluding carboxylic acids is 2. The molecular weight excluding hydrogens is 432 g/mol. The number of esters is 1. The number of hydrogen-bond donors (Lipinski definition) is 2. The van der Waals surface area contributed by atoms with Crippen LogP contribution < -0.4 is 10.1 Å². The summed E-state index contributed by atoms with van der Waals surface area (Å²) >= 11 is 0. The Labute approximate surface area is 192 Å². The Kier molecular flexibility index (Phi) is 7.67. The van der Waals surface area contributed by atoms with Crippen LogP contribution in [-0.4, -0.2) is 79.9 Å². The highest BCUT2D eigenvalue weighted by molar-refractivity contribution is 5.98. The number of nitrogens with zero attached hydrogens (tertiary/aromatic N) is 1. The Hall–Kier alpha value is -2.43. The highest BCUT2D eigenvalue weighted by Crippen LogP contribution is 2.32. The molecule has 4 atom stereocenters. The summed E-state index contributed by atoms with van der Waals surface area (Å²) in [5.74, 6) is -0.600. The van der Waals surface area contributed by atoms with E-state index in [0.29, 0.717) is 25.0 Å². The second kappa shape index (κ2) is 10.7. The van der Waals surface area contributed by atoms with Crippen LogP contribution in [0, 0.1) is 11.8 Å². The Bertz CT molecular complexity index is 842. The van der Waals surface area contributed by atoms with Crippen LogP contribution in [0.15, 0.2) is 12.3 Å². The fourth-order valence-corrected chi connectivity index (χ4v) is 3.66. The fraction of sp³-hybridized carbons (Fsp3) is 0.696. The molecule has 10 nitrogen and oxygen atoms in total. The van der Waals surface area contributed by atoms with Crippen molar-refractivity contribution in [2.45, 2.75) is 57.0 Å². The average molecular weight is 465 g/mol. The highest BCUT2D eigenvalue weighted by atomic mass is 16.6. The van der Waals surface area contributed by atoms with E-state index >= 15 is 0 Å². The SMILES string of the molecule is COc1ccnc(C(=O)N[C@H]2COC[C@H](OCC3CC3)[C@@H](OCC3CC3)[C@H](C)OC2=O)c1O. The summed E-state index contributed by atoms with van der Waals surface area (Å²) in [5.41, 5.74) is -0.258. The molecule has 1 aromatic heterocycles. The number of aromatic nitrogens is 1. The molecule has 10 heteroatoms. The number of aromatic hydroxyl groups is 1. The first-order chi connectivity index (χ1) is 16.0. The number of nitrogens with one attached hydrogen (secondary N) is 1. The van der Waals surface area contributed by atoms with Gasteiger partial charge in [-0.25, -0.2) is 9.78 Å². The van der Waals surface area contributed by atoms with Gasteiger partial charge in [0.25, 0.3) is 5.91 Å². The van der Waals surface area contributed by atoms with Crippen LogP contribution in [0.2, 0.25) is 0 Å².